The van der Waals surface area contributed by atoms with Gasteiger partial charge in [0.2, 0.25) is 0 Å². The number of aliphatic hydroxyl groups excluding tert-OH is 1. The first-order chi connectivity index (χ1) is 7.08. The summed E-state index contributed by atoms with van der Waals surface area (Å²) in [4.78, 5) is 9.58. The molecule has 6 heteroatoms. The van der Waals surface area contributed by atoms with Gasteiger partial charge in [-0.3, -0.25) is 0 Å². The maximum Gasteiger partial charge on any atom is 0.187 e. The fourth-order valence-electron chi connectivity index (χ4n) is 1.83. The Balaban J connectivity index is -0.0000000935. The molecule has 0 aromatic rings. The van der Waals surface area contributed by atoms with Gasteiger partial charge in [-0.2, -0.15) is 0 Å². The third-order valence-corrected chi connectivity index (χ3v) is 7.50. The van der Waals surface area contributed by atoms with E-state index in [0.29, 0.717) is 0 Å². The zero-order chi connectivity index (χ0) is 11.7. The van der Waals surface area contributed by atoms with Crippen LogP contribution in [0.15, 0.2) is 0 Å². The van der Waals surface area contributed by atoms with Crippen LogP contribution in [0.5, 0.6) is 0 Å². The van der Waals surface area contributed by atoms with Crippen LogP contribution in [0.25, 0.3) is 0 Å². The fourth-order valence-corrected chi connectivity index (χ4v) is 3.33. The molecule has 0 unspecified atom stereocenters. The minimum Gasteiger partial charge on any atom is -0.432 e. The second kappa shape index (κ2) is 15.8. The SMILES string of the molecule is CC[Si](O)(CC)CC.O.O.OC1CCCCC1.[Ti]. The second-order valence-electron chi connectivity index (χ2n) is 4.58. The third kappa shape index (κ3) is 13.2. The van der Waals surface area contributed by atoms with E-state index in [-0.39, 0.29) is 38.8 Å². The van der Waals surface area contributed by atoms with Gasteiger partial charge in [-0.25, -0.2) is 0 Å². The summed E-state index contributed by atoms with van der Waals surface area (Å²) in [5.41, 5.74) is 0. The monoisotopic (exact) mass is 316 g/mol. The van der Waals surface area contributed by atoms with Gasteiger partial charge in [0.25, 0.3) is 0 Å². The first kappa shape index (κ1) is 27.2. The molecule has 0 bridgehead atoms. The summed E-state index contributed by atoms with van der Waals surface area (Å²) in [5, 5.41) is 8.91. The fraction of sp³-hybridized carbons (Fsp3) is 1.00. The van der Waals surface area contributed by atoms with Gasteiger partial charge in [0.15, 0.2) is 8.32 Å². The zero-order valence-corrected chi connectivity index (χ0v) is 14.7. The molecule has 0 atom stereocenters. The molecule has 0 aromatic heterocycles. The first-order valence-corrected chi connectivity index (χ1v) is 9.05. The van der Waals surface area contributed by atoms with Crippen molar-refractivity contribution in [3.8, 4) is 0 Å². The molecule has 0 spiro atoms. The average Bonchev–Trinajstić information content (AvgIpc) is 2.30. The van der Waals surface area contributed by atoms with E-state index < -0.39 is 8.32 Å². The van der Waals surface area contributed by atoms with Crippen molar-refractivity contribution in [2.75, 3.05) is 0 Å². The predicted molar refractivity (Wildman–Crippen MR) is 75.7 cm³/mol. The molecule has 6 N–H and O–H groups in total. The standard InChI is InChI=1S/C6H16OSi.C6H12O.2H2O.Ti/c1-4-8(7,5-2)6-3;7-6-4-2-1-3-5-6;;;/h7H,4-6H2,1-3H3;6-7H,1-5H2;2*1H2;. The summed E-state index contributed by atoms with van der Waals surface area (Å²) in [7, 11) is -1.67. The smallest absolute Gasteiger partial charge is 0.187 e. The van der Waals surface area contributed by atoms with E-state index in [9.17, 15) is 4.80 Å². The Bertz CT molecular complexity index is 143. The van der Waals surface area contributed by atoms with Crippen LogP contribution in [-0.4, -0.2) is 35.3 Å². The van der Waals surface area contributed by atoms with Crippen LogP contribution in [0.4, 0.5) is 0 Å². The molecule has 1 fully saturated rings. The van der Waals surface area contributed by atoms with Crippen LogP contribution < -0.4 is 0 Å². The molecule has 1 saturated carbocycles. The Hall–Kier alpha value is 0.771. The van der Waals surface area contributed by atoms with Crippen molar-refractivity contribution in [3.05, 3.63) is 0 Å². The van der Waals surface area contributed by atoms with Crippen molar-refractivity contribution in [2.24, 2.45) is 0 Å². The average molecular weight is 316 g/mol. The Morgan fingerprint density at radius 1 is 0.889 bits per heavy atom. The van der Waals surface area contributed by atoms with E-state index in [0.717, 1.165) is 31.0 Å². The topological polar surface area (TPSA) is 103 Å². The molecule has 1 aliphatic carbocycles. The number of hydrogen-bond donors (Lipinski definition) is 2. The maximum absolute atomic E-state index is 9.58. The molecule has 0 amide bonds. The van der Waals surface area contributed by atoms with E-state index in [2.05, 4.69) is 20.8 Å². The van der Waals surface area contributed by atoms with Crippen molar-refractivity contribution in [1.29, 1.82) is 0 Å². The Kier molecular flexibility index (Phi) is 23.9. The number of aliphatic hydroxyl groups is 1. The van der Waals surface area contributed by atoms with Gasteiger partial charge in [0.1, 0.15) is 0 Å². The van der Waals surface area contributed by atoms with Crippen LogP contribution in [0.2, 0.25) is 18.1 Å². The van der Waals surface area contributed by atoms with Crippen LogP contribution in [-0.2, 0) is 21.7 Å². The second-order valence-corrected chi connectivity index (χ2v) is 9.15. The van der Waals surface area contributed by atoms with E-state index in [1.54, 1.807) is 0 Å². The summed E-state index contributed by atoms with van der Waals surface area (Å²) >= 11 is 0. The summed E-state index contributed by atoms with van der Waals surface area (Å²) in [5.74, 6) is 0. The Labute approximate surface area is 128 Å². The predicted octanol–water partition coefficient (Wildman–Crippen LogP) is 1.64. The molecule has 18 heavy (non-hydrogen) atoms. The molecule has 0 aromatic carbocycles. The van der Waals surface area contributed by atoms with E-state index in [4.69, 9.17) is 5.11 Å². The van der Waals surface area contributed by atoms with Gasteiger partial charge in [-0.15, -0.1) is 0 Å². The van der Waals surface area contributed by atoms with E-state index in [1.807, 2.05) is 0 Å². The molecule has 1 rings (SSSR count). The molecule has 0 saturated heterocycles. The molecule has 1 aliphatic rings. The van der Waals surface area contributed by atoms with Crippen molar-refractivity contribution < 1.29 is 42.6 Å². The molecule has 4 nitrogen and oxygen atoms in total. The zero-order valence-electron chi connectivity index (χ0n) is 12.1. The van der Waals surface area contributed by atoms with Gasteiger partial charge in [-0.1, -0.05) is 40.0 Å². The maximum atomic E-state index is 9.58. The summed E-state index contributed by atoms with van der Waals surface area (Å²) in [6, 6.07) is 3.04. The normalized spacial score (nSPS) is 15.2. The van der Waals surface area contributed by atoms with E-state index in [1.165, 1.54) is 19.3 Å². The minimum absolute atomic E-state index is 0. The summed E-state index contributed by atoms with van der Waals surface area (Å²) < 4.78 is 0. The van der Waals surface area contributed by atoms with Crippen LogP contribution >= 0.6 is 0 Å². The van der Waals surface area contributed by atoms with Gasteiger partial charge in [0, 0.05) is 21.7 Å². The molecule has 0 aliphatic heterocycles. The van der Waals surface area contributed by atoms with Crippen molar-refractivity contribution in [2.45, 2.75) is 77.1 Å². The summed E-state index contributed by atoms with van der Waals surface area (Å²) in [6.07, 6.45) is 5.92. The molecule has 0 heterocycles. The van der Waals surface area contributed by atoms with E-state index >= 15 is 0 Å². The summed E-state index contributed by atoms with van der Waals surface area (Å²) in [6.45, 7) is 6.25. The molecule has 0 radical (unpaired) electrons. The first-order valence-electron chi connectivity index (χ1n) is 6.48. The Morgan fingerprint density at radius 3 is 1.33 bits per heavy atom. The largest absolute Gasteiger partial charge is 0.432 e. The minimum atomic E-state index is -1.67. The third-order valence-electron chi connectivity index (χ3n) is 3.55. The van der Waals surface area contributed by atoms with Crippen molar-refractivity contribution >= 4 is 8.32 Å². The van der Waals surface area contributed by atoms with Crippen LogP contribution in [0.1, 0.15) is 52.9 Å². The van der Waals surface area contributed by atoms with Crippen LogP contribution in [0, 0.1) is 0 Å². The Morgan fingerprint density at radius 2 is 1.22 bits per heavy atom. The number of hydrogen-bond acceptors (Lipinski definition) is 2. The molecule has 112 valence electrons. The molecular formula is C12H32O4SiTi. The van der Waals surface area contributed by atoms with Gasteiger partial charge < -0.3 is 20.9 Å². The number of rotatable bonds is 3. The van der Waals surface area contributed by atoms with Crippen molar-refractivity contribution in [3.63, 3.8) is 0 Å². The van der Waals surface area contributed by atoms with Gasteiger partial charge in [-0.05, 0) is 31.0 Å². The quantitative estimate of drug-likeness (QED) is 0.773. The van der Waals surface area contributed by atoms with Crippen molar-refractivity contribution in [1.82, 2.24) is 0 Å². The van der Waals surface area contributed by atoms with Gasteiger partial charge >= 0.3 is 0 Å². The van der Waals surface area contributed by atoms with Crippen LogP contribution in [0.3, 0.4) is 0 Å². The van der Waals surface area contributed by atoms with Gasteiger partial charge in [0.05, 0.1) is 6.10 Å². The molecular weight excluding hydrogens is 284 g/mol.